The number of hydrogen-bond acceptors (Lipinski definition) is 7. The summed E-state index contributed by atoms with van der Waals surface area (Å²) in [7, 11) is 0. The van der Waals surface area contributed by atoms with Crippen LogP contribution in [0.25, 0.3) is 0 Å². The minimum absolute atomic E-state index is 0.0175. The van der Waals surface area contributed by atoms with Crippen LogP contribution in [0.2, 0.25) is 0 Å². The highest BCUT2D eigenvalue weighted by molar-refractivity contribution is 5.81. The topological polar surface area (TPSA) is 117 Å². The summed E-state index contributed by atoms with van der Waals surface area (Å²) in [5.74, 6) is -1.45. The zero-order valence-corrected chi connectivity index (χ0v) is 17.3. The minimum Gasteiger partial charge on any atom is -0.395 e. The second-order valence-electron chi connectivity index (χ2n) is 7.82. The van der Waals surface area contributed by atoms with Crippen LogP contribution < -0.4 is 16.0 Å². The Morgan fingerprint density at radius 2 is 2.06 bits per heavy atom. The highest BCUT2D eigenvalue weighted by Crippen LogP contribution is 2.46. The molecule has 2 bridgehead atoms. The number of nitrogens with zero attached hydrogens (tertiary/aromatic N) is 4. The number of amides is 1. The van der Waals surface area contributed by atoms with Gasteiger partial charge in [0.1, 0.15) is 11.4 Å². The van der Waals surface area contributed by atoms with Crippen molar-refractivity contribution in [2.24, 2.45) is 17.8 Å². The number of hydrogen-bond donors (Lipinski definition) is 4. The fourth-order valence-corrected chi connectivity index (χ4v) is 4.32. The minimum atomic E-state index is -4.67. The lowest BCUT2D eigenvalue weighted by atomic mass is 9.88. The second kappa shape index (κ2) is 8.77. The molecule has 12 heteroatoms. The van der Waals surface area contributed by atoms with E-state index in [1.807, 2.05) is 19.1 Å². The molecule has 1 amide bonds. The third-order valence-electron chi connectivity index (χ3n) is 5.78. The van der Waals surface area contributed by atoms with Crippen molar-refractivity contribution >= 4 is 23.4 Å². The predicted molar refractivity (Wildman–Crippen MR) is 110 cm³/mol. The van der Waals surface area contributed by atoms with Gasteiger partial charge in [0.2, 0.25) is 11.9 Å². The number of aryl methyl sites for hydroxylation is 1. The van der Waals surface area contributed by atoms with Gasteiger partial charge in [-0.05, 0) is 25.2 Å². The number of aliphatic hydroxyl groups is 1. The van der Waals surface area contributed by atoms with Gasteiger partial charge < -0.3 is 21.1 Å². The predicted octanol–water partition coefficient (Wildman–Crippen LogP) is 2.17. The van der Waals surface area contributed by atoms with Crippen LogP contribution in [0.5, 0.6) is 0 Å². The smallest absolute Gasteiger partial charge is 0.395 e. The van der Waals surface area contributed by atoms with Gasteiger partial charge in [-0.3, -0.25) is 9.48 Å². The van der Waals surface area contributed by atoms with E-state index in [4.69, 9.17) is 5.11 Å². The molecule has 2 aliphatic rings. The van der Waals surface area contributed by atoms with Crippen molar-refractivity contribution in [3.63, 3.8) is 0 Å². The first-order valence-corrected chi connectivity index (χ1v) is 10.4. The molecule has 0 unspecified atom stereocenters. The highest BCUT2D eigenvalue weighted by Gasteiger charge is 2.49. The van der Waals surface area contributed by atoms with Gasteiger partial charge in [-0.1, -0.05) is 12.2 Å². The number of halogens is 3. The molecule has 0 aliphatic heterocycles. The zero-order valence-electron chi connectivity index (χ0n) is 17.3. The molecule has 1 fully saturated rings. The number of rotatable bonds is 8. The van der Waals surface area contributed by atoms with Gasteiger partial charge >= 0.3 is 6.18 Å². The van der Waals surface area contributed by atoms with Crippen molar-refractivity contribution in [3.8, 4) is 0 Å². The molecule has 172 valence electrons. The van der Waals surface area contributed by atoms with Crippen molar-refractivity contribution < 1.29 is 23.1 Å². The van der Waals surface area contributed by atoms with Crippen molar-refractivity contribution in [2.45, 2.75) is 32.1 Å². The molecule has 0 aromatic carbocycles. The molecule has 32 heavy (non-hydrogen) atoms. The summed E-state index contributed by atoms with van der Waals surface area (Å²) in [5, 5.41) is 21.5. The summed E-state index contributed by atoms with van der Waals surface area (Å²) in [6, 6.07) is -0.560. The summed E-state index contributed by atoms with van der Waals surface area (Å²) in [6.07, 6.45) is 3.79. The number of aliphatic hydroxyl groups excluding tert-OH is 1. The van der Waals surface area contributed by atoms with Gasteiger partial charge in [0.15, 0.2) is 0 Å². The van der Waals surface area contributed by atoms with Crippen molar-refractivity contribution in [2.75, 3.05) is 23.8 Å². The van der Waals surface area contributed by atoms with Crippen molar-refractivity contribution in [3.05, 3.63) is 36.3 Å². The number of nitrogens with one attached hydrogen (secondary N) is 3. The SMILES string of the molecule is CCn1cc(Nc2ncc(C(F)(F)F)c(N[C@H]3[C@@H](C(=O)NCCO)[C@H]4C=C[C@H]3C4)n2)cn1. The van der Waals surface area contributed by atoms with Crippen LogP contribution in [0.3, 0.4) is 0 Å². The normalized spacial score (nSPS) is 24.0. The third kappa shape index (κ3) is 4.40. The number of fused-ring (bicyclic) bond motifs is 2. The first-order chi connectivity index (χ1) is 15.3. The van der Waals surface area contributed by atoms with Gasteiger partial charge in [-0.15, -0.1) is 0 Å². The van der Waals surface area contributed by atoms with Crippen LogP contribution in [-0.4, -0.2) is 50.0 Å². The van der Waals surface area contributed by atoms with Gasteiger partial charge in [0, 0.05) is 31.5 Å². The van der Waals surface area contributed by atoms with E-state index < -0.39 is 23.7 Å². The first kappa shape index (κ1) is 22.1. The molecule has 4 rings (SSSR count). The van der Waals surface area contributed by atoms with E-state index in [0.29, 0.717) is 18.7 Å². The fourth-order valence-electron chi connectivity index (χ4n) is 4.32. The van der Waals surface area contributed by atoms with E-state index in [1.54, 1.807) is 10.9 Å². The lowest BCUT2D eigenvalue weighted by Gasteiger charge is -2.29. The van der Waals surface area contributed by atoms with E-state index >= 15 is 0 Å². The number of alkyl halides is 3. The maximum atomic E-state index is 13.7. The average Bonchev–Trinajstić information content (AvgIpc) is 3.47. The molecule has 2 aromatic rings. The molecule has 9 nitrogen and oxygen atoms in total. The number of carbonyl (C=O) groups is 1. The average molecular weight is 451 g/mol. The van der Waals surface area contributed by atoms with Gasteiger partial charge in [-0.2, -0.15) is 23.3 Å². The molecule has 2 aliphatic carbocycles. The molecule has 4 N–H and O–H groups in total. The maximum Gasteiger partial charge on any atom is 0.421 e. The van der Waals surface area contributed by atoms with Gasteiger partial charge in [0.25, 0.3) is 0 Å². The van der Waals surface area contributed by atoms with E-state index in [1.165, 1.54) is 6.20 Å². The third-order valence-corrected chi connectivity index (χ3v) is 5.78. The van der Waals surface area contributed by atoms with Crippen LogP contribution in [0.1, 0.15) is 18.9 Å². The molecular formula is C20H24F3N7O2. The van der Waals surface area contributed by atoms with Crippen LogP contribution in [-0.2, 0) is 17.5 Å². The first-order valence-electron chi connectivity index (χ1n) is 10.4. The number of aromatic nitrogens is 4. The number of carbonyl (C=O) groups excluding carboxylic acids is 1. The lowest BCUT2D eigenvalue weighted by Crippen LogP contribution is -2.44. The Hall–Kier alpha value is -3.15. The van der Waals surface area contributed by atoms with E-state index in [2.05, 4.69) is 31.0 Å². The largest absolute Gasteiger partial charge is 0.421 e. The molecule has 0 radical (unpaired) electrons. The van der Waals surface area contributed by atoms with Crippen LogP contribution >= 0.6 is 0 Å². The molecular weight excluding hydrogens is 427 g/mol. The summed E-state index contributed by atoms with van der Waals surface area (Å²) in [4.78, 5) is 20.5. The Kier molecular flexibility index (Phi) is 6.04. The highest BCUT2D eigenvalue weighted by atomic mass is 19.4. The quantitative estimate of drug-likeness (QED) is 0.455. The van der Waals surface area contributed by atoms with Crippen LogP contribution in [0.4, 0.5) is 30.6 Å². The Morgan fingerprint density at radius 1 is 1.28 bits per heavy atom. The van der Waals surface area contributed by atoms with Gasteiger partial charge in [0.05, 0.1) is 24.4 Å². The zero-order chi connectivity index (χ0) is 22.9. The Bertz CT molecular complexity index is 1010. The van der Waals surface area contributed by atoms with Crippen LogP contribution in [0, 0.1) is 17.8 Å². The number of allylic oxidation sites excluding steroid dienone is 1. The van der Waals surface area contributed by atoms with Crippen molar-refractivity contribution in [1.29, 1.82) is 0 Å². The summed E-state index contributed by atoms with van der Waals surface area (Å²) >= 11 is 0. The monoisotopic (exact) mass is 451 g/mol. The van der Waals surface area contributed by atoms with E-state index in [9.17, 15) is 18.0 Å². The summed E-state index contributed by atoms with van der Waals surface area (Å²) in [6.45, 7) is 2.42. The Morgan fingerprint density at radius 3 is 2.75 bits per heavy atom. The van der Waals surface area contributed by atoms with Crippen LogP contribution in [0.15, 0.2) is 30.7 Å². The summed E-state index contributed by atoms with van der Waals surface area (Å²) < 4.78 is 42.7. The molecule has 0 saturated heterocycles. The molecule has 0 spiro atoms. The van der Waals surface area contributed by atoms with E-state index in [0.717, 1.165) is 6.20 Å². The summed E-state index contributed by atoms with van der Waals surface area (Å²) in [5.41, 5.74) is -0.463. The lowest BCUT2D eigenvalue weighted by molar-refractivity contribution is -0.137. The molecule has 2 heterocycles. The number of anilines is 3. The maximum absolute atomic E-state index is 13.7. The molecule has 4 atom stereocenters. The second-order valence-corrected chi connectivity index (χ2v) is 7.82. The van der Waals surface area contributed by atoms with Crippen molar-refractivity contribution in [1.82, 2.24) is 25.1 Å². The fraction of sp³-hybridized carbons (Fsp3) is 0.500. The molecule has 1 saturated carbocycles. The Balaban J connectivity index is 1.61. The standard InChI is InChI=1S/C20H24F3N7O2/c1-2-30-10-13(8-26-30)27-19-25-9-14(20(21,22)23)17(29-19)28-16-12-4-3-11(7-12)15(16)18(32)24-5-6-31/h3-4,8-12,15-16,31H,2,5-7H2,1H3,(H,24,32)(H2,25,27,28,29)/t11-,12-,15-,16+/m0/s1. The van der Waals surface area contributed by atoms with Gasteiger partial charge in [-0.25, -0.2) is 4.98 Å². The van der Waals surface area contributed by atoms with E-state index in [-0.39, 0.29) is 42.7 Å². The molecule has 2 aromatic heterocycles. The Labute approximate surface area is 182 Å².